The van der Waals surface area contributed by atoms with Crippen LogP contribution < -0.4 is 5.32 Å². The number of likely N-dealkylation sites (tertiary alicyclic amines) is 1. The number of hydrogen-bond acceptors (Lipinski definition) is 2. The van der Waals surface area contributed by atoms with Crippen molar-refractivity contribution in [3.05, 3.63) is 29.6 Å². The summed E-state index contributed by atoms with van der Waals surface area (Å²) in [5, 5.41) is 2.91. The van der Waals surface area contributed by atoms with Gasteiger partial charge in [0.15, 0.2) is 0 Å². The summed E-state index contributed by atoms with van der Waals surface area (Å²) in [4.78, 5) is 14.8. The maximum absolute atomic E-state index is 13.3. The first-order valence-electron chi connectivity index (χ1n) is 7.52. The molecule has 0 bridgehead atoms. The van der Waals surface area contributed by atoms with Crippen molar-refractivity contribution in [2.75, 3.05) is 11.9 Å². The van der Waals surface area contributed by atoms with Crippen molar-refractivity contribution < 1.29 is 9.18 Å². The molecule has 0 radical (unpaired) electrons. The van der Waals surface area contributed by atoms with Crippen molar-refractivity contribution in [2.24, 2.45) is 5.92 Å². The van der Waals surface area contributed by atoms with Gasteiger partial charge in [0.1, 0.15) is 5.82 Å². The number of carbonyl (C=O) groups excluding carboxylic acids is 1. The van der Waals surface area contributed by atoms with Crippen LogP contribution in [-0.4, -0.2) is 28.9 Å². The van der Waals surface area contributed by atoms with E-state index in [-0.39, 0.29) is 23.2 Å². The fourth-order valence-corrected chi connectivity index (χ4v) is 3.12. The highest BCUT2D eigenvalue weighted by atomic mass is 19.1. The second-order valence-corrected chi connectivity index (χ2v) is 7.06. The predicted molar refractivity (Wildman–Crippen MR) is 83.8 cm³/mol. The summed E-state index contributed by atoms with van der Waals surface area (Å²) in [6, 6.07) is 5.08. The van der Waals surface area contributed by atoms with Gasteiger partial charge in [0.25, 0.3) is 0 Å². The van der Waals surface area contributed by atoms with Gasteiger partial charge in [0.05, 0.1) is 5.92 Å². The highest BCUT2D eigenvalue weighted by molar-refractivity contribution is 5.93. The van der Waals surface area contributed by atoms with E-state index < -0.39 is 0 Å². The minimum Gasteiger partial charge on any atom is -0.326 e. The van der Waals surface area contributed by atoms with Gasteiger partial charge >= 0.3 is 0 Å². The van der Waals surface area contributed by atoms with E-state index >= 15 is 0 Å². The first-order valence-corrected chi connectivity index (χ1v) is 7.52. The van der Waals surface area contributed by atoms with Crippen LogP contribution in [0.1, 0.15) is 39.7 Å². The lowest BCUT2D eigenvalue weighted by molar-refractivity contribution is -0.119. The number of anilines is 1. The minimum absolute atomic E-state index is 0.00964. The monoisotopic (exact) mass is 292 g/mol. The smallest absolute Gasteiger partial charge is 0.228 e. The van der Waals surface area contributed by atoms with E-state index in [1.807, 2.05) is 0 Å². The second kappa shape index (κ2) is 5.76. The molecule has 2 unspecified atom stereocenters. The predicted octanol–water partition coefficient (Wildman–Crippen LogP) is 3.58. The highest BCUT2D eigenvalue weighted by Gasteiger charge is 2.38. The molecule has 2 atom stereocenters. The third-order valence-electron chi connectivity index (χ3n) is 4.23. The summed E-state index contributed by atoms with van der Waals surface area (Å²) in [6.07, 6.45) is 0.864. The molecule has 1 N–H and O–H groups in total. The van der Waals surface area contributed by atoms with Crippen LogP contribution in [0.25, 0.3) is 0 Å². The van der Waals surface area contributed by atoms with Crippen LogP contribution in [0.3, 0.4) is 0 Å². The summed E-state index contributed by atoms with van der Waals surface area (Å²) in [5.74, 6) is -0.231. The number of hydrogen-bond donors (Lipinski definition) is 1. The molecule has 1 fully saturated rings. The fraction of sp³-hybridized carbons (Fsp3) is 0.588. The summed E-state index contributed by atoms with van der Waals surface area (Å²) >= 11 is 0. The van der Waals surface area contributed by atoms with Gasteiger partial charge in [-0.05, 0) is 64.8 Å². The second-order valence-electron chi connectivity index (χ2n) is 7.06. The van der Waals surface area contributed by atoms with Crippen molar-refractivity contribution in [3.63, 3.8) is 0 Å². The van der Waals surface area contributed by atoms with Gasteiger partial charge in [0, 0.05) is 23.8 Å². The Bertz CT molecular complexity index is 536. The van der Waals surface area contributed by atoms with E-state index in [0.717, 1.165) is 13.0 Å². The van der Waals surface area contributed by atoms with E-state index in [0.29, 0.717) is 17.3 Å². The Morgan fingerprint density at radius 3 is 2.57 bits per heavy atom. The average molecular weight is 292 g/mol. The van der Waals surface area contributed by atoms with Crippen molar-refractivity contribution >= 4 is 11.6 Å². The number of nitrogens with one attached hydrogen (secondary N) is 1. The van der Waals surface area contributed by atoms with E-state index in [1.54, 1.807) is 19.1 Å². The minimum atomic E-state index is -0.249. The molecular formula is C17H25FN2O. The summed E-state index contributed by atoms with van der Waals surface area (Å²) in [5.41, 5.74) is 1.28. The average Bonchev–Trinajstić information content (AvgIpc) is 2.76. The maximum Gasteiger partial charge on any atom is 0.228 e. The van der Waals surface area contributed by atoms with Crippen LogP contribution in [0, 0.1) is 18.7 Å². The highest BCUT2D eigenvalue weighted by Crippen LogP contribution is 2.30. The summed E-state index contributed by atoms with van der Waals surface area (Å²) in [6.45, 7) is 11.2. The summed E-state index contributed by atoms with van der Waals surface area (Å²) in [7, 11) is 0. The maximum atomic E-state index is 13.3. The third kappa shape index (κ3) is 3.62. The quantitative estimate of drug-likeness (QED) is 0.903. The van der Waals surface area contributed by atoms with Crippen molar-refractivity contribution in [3.8, 4) is 0 Å². The number of halogens is 1. The molecular weight excluding hydrogens is 267 g/mol. The molecule has 3 nitrogen and oxygen atoms in total. The lowest BCUT2D eigenvalue weighted by Crippen LogP contribution is -2.43. The number of amides is 1. The Morgan fingerprint density at radius 1 is 1.38 bits per heavy atom. The van der Waals surface area contributed by atoms with Crippen LogP contribution >= 0.6 is 0 Å². The molecule has 1 aliphatic rings. The molecule has 116 valence electrons. The molecule has 1 aromatic rings. The number of rotatable bonds is 2. The molecule has 1 aliphatic heterocycles. The molecule has 1 saturated heterocycles. The molecule has 1 heterocycles. The first kappa shape index (κ1) is 16.0. The largest absolute Gasteiger partial charge is 0.326 e. The molecule has 2 rings (SSSR count). The van der Waals surface area contributed by atoms with Gasteiger partial charge in [-0.1, -0.05) is 0 Å². The Hall–Kier alpha value is -1.42. The van der Waals surface area contributed by atoms with Crippen molar-refractivity contribution in [1.82, 2.24) is 4.90 Å². The molecule has 1 aromatic carbocycles. The summed E-state index contributed by atoms with van der Waals surface area (Å²) < 4.78 is 13.3. The van der Waals surface area contributed by atoms with Crippen molar-refractivity contribution in [2.45, 2.75) is 52.6 Å². The Balaban J connectivity index is 2.03. The van der Waals surface area contributed by atoms with Crippen LogP contribution in [0.2, 0.25) is 0 Å². The zero-order valence-electron chi connectivity index (χ0n) is 13.5. The Labute approximate surface area is 126 Å². The van der Waals surface area contributed by atoms with Gasteiger partial charge < -0.3 is 5.32 Å². The first-order chi connectivity index (χ1) is 9.68. The van der Waals surface area contributed by atoms with E-state index in [1.165, 1.54) is 6.07 Å². The normalized spacial score (nSPS) is 23.3. The lowest BCUT2D eigenvalue weighted by atomic mass is 10.1. The number of benzene rings is 1. The number of aryl methyl sites for hydroxylation is 1. The van der Waals surface area contributed by atoms with Crippen LogP contribution in [0.4, 0.5) is 10.1 Å². The van der Waals surface area contributed by atoms with E-state index in [4.69, 9.17) is 0 Å². The Morgan fingerprint density at radius 2 is 2.05 bits per heavy atom. The molecule has 4 heteroatoms. The van der Waals surface area contributed by atoms with Gasteiger partial charge in [-0.25, -0.2) is 4.39 Å². The van der Waals surface area contributed by atoms with Crippen LogP contribution in [0.15, 0.2) is 18.2 Å². The van der Waals surface area contributed by atoms with Gasteiger partial charge in [-0.3, -0.25) is 9.69 Å². The number of nitrogens with zero attached hydrogens (tertiary/aromatic N) is 1. The molecule has 0 aliphatic carbocycles. The SMILES string of the molecule is Cc1cc(NC(=O)C2CC(C)N(C(C)(C)C)C2)ccc1F. The van der Waals surface area contributed by atoms with Gasteiger partial charge in [-0.2, -0.15) is 0 Å². The van der Waals surface area contributed by atoms with Gasteiger partial charge in [0.2, 0.25) is 5.91 Å². The molecule has 21 heavy (non-hydrogen) atoms. The topological polar surface area (TPSA) is 32.3 Å². The van der Waals surface area contributed by atoms with Gasteiger partial charge in [-0.15, -0.1) is 0 Å². The third-order valence-corrected chi connectivity index (χ3v) is 4.23. The molecule has 0 aromatic heterocycles. The Kier molecular flexibility index (Phi) is 4.38. The zero-order chi connectivity index (χ0) is 15.8. The standard InChI is InChI=1S/C17H25FN2O/c1-11-8-14(6-7-15(11)18)19-16(21)13-9-12(2)20(10-13)17(3,4)5/h6-8,12-13H,9-10H2,1-5H3,(H,19,21). The van der Waals surface area contributed by atoms with Crippen LogP contribution in [-0.2, 0) is 4.79 Å². The van der Waals surface area contributed by atoms with Crippen molar-refractivity contribution in [1.29, 1.82) is 0 Å². The fourth-order valence-electron chi connectivity index (χ4n) is 3.12. The zero-order valence-corrected chi connectivity index (χ0v) is 13.5. The number of carbonyl (C=O) groups is 1. The lowest BCUT2D eigenvalue weighted by Gasteiger charge is -2.35. The van der Waals surface area contributed by atoms with E-state index in [9.17, 15) is 9.18 Å². The molecule has 1 amide bonds. The molecule has 0 spiro atoms. The van der Waals surface area contributed by atoms with E-state index in [2.05, 4.69) is 37.9 Å². The molecule has 0 saturated carbocycles. The van der Waals surface area contributed by atoms with Crippen LogP contribution in [0.5, 0.6) is 0 Å².